The topological polar surface area (TPSA) is 24.5 Å². The van der Waals surface area contributed by atoms with Gasteiger partial charge >= 0.3 is 0 Å². The number of benzene rings is 2. The Hall–Kier alpha value is -1.97. The zero-order valence-electron chi connectivity index (χ0n) is 11.6. The maximum absolute atomic E-state index is 5.96. The normalized spacial score (nSPS) is 23.6. The Kier molecular flexibility index (Phi) is 2.91. The zero-order valence-corrected chi connectivity index (χ0v) is 12.3. The van der Waals surface area contributed by atoms with Gasteiger partial charge in [0.1, 0.15) is 5.75 Å². The van der Waals surface area contributed by atoms with Crippen LogP contribution in [0.4, 0.5) is 0 Å². The van der Waals surface area contributed by atoms with Crippen LogP contribution in [0.1, 0.15) is 24.1 Å². The maximum atomic E-state index is 5.96. The molecule has 0 aromatic heterocycles. The van der Waals surface area contributed by atoms with Crippen LogP contribution in [0.3, 0.4) is 0 Å². The van der Waals surface area contributed by atoms with Crippen molar-refractivity contribution in [2.24, 2.45) is 0 Å². The fourth-order valence-electron chi connectivity index (χ4n) is 2.90. The van der Waals surface area contributed by atoms with E-state index in [1.54, 1.807) is 0 Å². The fourth-order valence-corrected chi connectivity index (χ4v) is 3.03. The number of nitrogens with zero attached hydrogens (tertiary/aromatic N) is 1. The lowest BCUT2D eigenvalue weighted by Gasteiger charge is -2.36. The van der Waals surface area contributed by atoms with Gasteiger partial charge in [0.15, 0.2) is 6.23 Å². The van der Waals surface area contributed by atoms with Crippen molar-refractivity contribution in [1.82, 2.24) is 10.4 Å². The first-order chi connectivity index (χ1) is 10.2. The minimum absolute atomic E-state index is 0.0223. The standard InChI is InChI=1S/C17H15ClN2O/c1-11-20-16(14-4-2-3-5-17(14)21-11)10-15(19-20)12-6-8-13(18)9-7-12/h2-11,16,19H,1H3/t11-,16+/m0/s1. The van der Waals surface area contributed by atoms with E-state index in [2.05, 4.69) is 29.5 Å². The molecule has 0 saturated heterocycles. The van der Waals surface area contributed by atoms with Crippen LogP contribution in [0.15, 0.2) is 54.6 Å². The minimum atomic E-state index is -0.0223. The monoisotopic (exact) mass is 298 g/mol. The summed E-state index contributed by atoms with van der Waals surface area (Å²) in [5.41, 5.74) is 6.84. The largest absolute Gasteiger partial charge is 0.473 e. The number of rotatable bonds is 1. The summed E-state index contributed by atoms with van der Waals surface area (Å²) in [6, 6.07) is 16.2. The molecular weight excluding hydrogens is 284 g/mol. The number of ether oxygens (including phenoxy) is 1. The van der Waals surface area contributed by atoms with Gasteiger partial charge in [0.2, 0.25) is 0 Å². The van der Waals surface area contributed by atoms with E-state index in [1.165, 1.54) is 5.56 Å². The molecule has 1 N–H and O–H groups in total. The van der Waals surface area contributed by atoms with Gasteiger partial charge in [-0.15, -0.1) is 0 Å². The molecule has 0 radical (unpaired) electrons. The summed E-state index contributed by atoms with van der Waals surface area (Å²) in [4.78, 5) is 0. The van der Waals surface area contributed by atoms with E-state index in [1.807, 2.05) is 42.5 Å². The summed E-state index contributed by atoms with van der Waals surface area (Å²) in [6.07, 6.45) is 2.21. The Morgan fingerprint density at radius 3 is 2.67 bits per heavy atom. The SMILES string of the molecule is C[C@@H]1Oc2ccccc2[C@H]2C=C(c3ccc(Cl)cc3)NN12. The predicted octanol–water partition coefficient (Wildman–Crippen LogP) is 3.98. The maximum Gasteiger partial charge on any atom is 0.166 e. The minimum Gasteiger partial charge on any atom is -0.473 e. The zero-order chi connectivity index (χ0) is 14.4. The lowest BCUT2D eigenvalue weighted by Crippen LogP contribution is -2.46. The van der Waals surface area contributed by atoms with E-state index in [9.17, 15) is 0 Å². The smallest absolute Gasteiger partial charge is 0.166 e. The number of nitrogens with one attached hydrogen (secondary N) is 1. The average Bonchev–Trinajstić information content (AvgIpc) is 2.94. The van der Waals surface area contributed by atoms with Gasteiger partial charge in [0.05, 0.1) is 11.7 Å². The van der Waals surface area contributed by atoms with Crippen LogP contribution >= 0.6 is 11.6 Å². The number of para-hydroxylation sites is 1. The Labute approximate surface area is 128 Å². The third-order valence-electron chi connectivity index (χ3n) is 3.96. The van der Waals surface area contributed by atoms with Gasteiger partial charge in [-0.2, -0.15) is 5.01 Å². The number of hydrogen-bond acceptors (Lipinski definition) is 3. The van der Waals surface area contributed by atoms with Gasteiger partial charge < -0.3 is 10.2 Å². The second-order valence-corrected chi connectivity index (χ2v) is 5.74. The van der Waals surface area contributed by atoms with Gasteiger partial charge in [-0.05, 0) is 36.8 Å². The molecule has 2 aliphatic rings. The van der Waals surface area contributed by atoms with Gasteiger partial charge in [-0.1, -0.05) is 41.9 Å². The first kappa shape index (κ1) is 12.7. The highest BCUT2D eigenvalue weighted by atomic mass is 35.5. The summed E-state index contributed by atoms with van der Waals surface area (Å²) in [5.74, 6) is 0.960. The molecule has 2 atom stereocenters. The van der Waals surface area contributed by atoms with Crippen molar-refractivity contribution in [3.63, 3.8) is 0 Å². The number of halogens is 1. The molecule has 0 bridgehead atoms. The molecule has 2 aromatic rings. The van der Waals surface area contributed by atoms with Gasteiger partial charge in [-0.25, -0.2) is 0 Å². The van der Waals surface area contributed by atoms with Gasteiger partial charge in [-0.3, -0.25) is 0 Å². The number of fused-ring (bicyclic) bond motifs is 3. The highest BCUT2D eigenvalue weighted by Crippen LogP contribution is 2.41. The molecule has 3 nitrogen and oxygen atoms in total. The van der Waals surface area contributed by atoms with Crippen LogP contribution in [0.25, 0.3) is 5.70 Å². The molecule has 2 aromatic carbocycles. The molecule has 0 spiro atoms. The van der Waals surface area contributed by atoms with E-state index in [0.717, 1.165) is 22.0 Å². The first-order valence-electron chi connectivity index (χ1n) is 7.01. The molecule has 0 fully saturated rings. The van der Waals surface area contributed by atoms with Crippen LogP contribution in [-0.2, 0) is 0 Å². The van der Waals surface area contributed by atoms with Crippen molar-refractivity contribution >= 4 is 17.3 Å². The molecular formula is C17H15ClN2O. The summed E-state index contributed by atoms with van der Waals surface area (Å²) in [6.45, 7) is 2.05. The molecule has 4 heteroatoms. The van der Waals surface area contributed by atoms with E-state index < -0.39 is 0 Å². The third kappa shape index (κ3) is 2.09. The fraction of sp³-hybridized carbons (Fsp3) is 0.176. The van der Waals surface area contributed by atoms with Crippen LogP contribution < -0.4 is 10.2 Å². The molecule has 0 saturated carbocycles. The molecule has 2 aliphatic heterocycles. The highest BCUT2D eigenvalue weighted by Gasteiger charge is 2.36. The molecule has 21 heavy (non-hydrogen) atoms. The second-order valence-electron chi connectivity index (χ2n) is 5.31. The first-order valence-corrected chi connectivity index (χ1v) is 7.38. The van der Waals surface area contributed by atoms with Crippen molar-refractivity contribution < 1.29 is 4.74 Å². The van der Waals surface area contributed by atoms with Crippen molar-refractivity contribution in [2.45, 2.75) is 19.2 Å². The summed E-state index contributed by atoms with van der Waals surface area (Å²) < 4.78 is 5.96. The van der Waals surface area contributed by atoms with Crippen molar-refractivity contribution in [2.75, 3.05) is 0 Å². The summed E-state index contributed by atoms with van der Waals surface area (Å²) >= 11 is 5.96. The molecule has 0 amide bonds. The third-order valence-corrected chi connectivity index (χ3v) is 4.21. The van der Waals surface area contributed by atoms with Crippen LogP contribution in [0.5, 0.6) is 5.75 Å². The van der Waals surface area contributed by atoms with E-state index in [0.29, 0.717) is 0 Å². The number of hydrazine groups is 1. The molecule has 0 unspecified atom stereocenters. The van der Waals surface area contributed by atoms with Crippen molar-refractivity contribution in [1.29, 1.82) is 0 Å². The van der Waals surface area contributed by atoms with Gasteiger partial charge in [0.25, 0.3) is 0 Å². The van der Waals surface area contributed by atoms with Crippen LogP contribution in [0, 0.1) is 0 Å². The average molecular weight is 299 g/mol. The van der Waals surface area contributed by atoms with E-state index in [-0.39, 0.29) is 12.3 Å². The molecule has 4 rings (SSSR count). The van der Waals surface area contributed by atoms with Crippen molar-refractivity contribution in [3.8, 4) is 5.75 Å². The molecule has 0 aliphatic carbocycles. The Morgan fingerprint density at radius 2 is 1.86 bits per heavy atom. The van der Waals surface area contributed by atoms with E-state index in [4.69, 9.17) is 16.3 Å². The highest BCUT2D eigenvalue weighted by molar-refractivity contribution is 6.30. The second kappa shape index (κ2) is 4.79. The lowest BCUT2D eigenvalue weighted by atomic mass is 10.0. The van der Waals surface area contributed by atoms with Gasteiger partial charge in [0, 0.05) is 10.6 Å². The summed E-state index contributed by atoms with van der Waals surface area (Å²) in [7, 11) is 0. The van der Waals surface area contributed by atoms with Crippen LogP contribution in [0.2, 0.25) is 5.02 Å². The van der Waals surface area contributed by atoms with Crippen LogP contribution in [-0.4, -0.2) is 11.2 Å². The van der Waals surface area contributed by atoms with E-state index >= 15 is 0 Å². The molecule has 106 valence electrons. The summed E-state index contributed by atoms with van der Waals surface area (Å²) in [5, 5.41) is 2.88. The Bertz CT molecular complexity index is 711. The predicted molar refractivity (Wildman–Crippen MR) is 83.7 cm³/mol. The quantitative estimate of drug-likeness (QED) is 0.862. The van der Waals surface area contributed by atoms with Crippen molar-refractivity contribution in [3.05, 3.63) is 70.8 Å². The molecule has 2 heterocycles. The lowest BCUT2D eigenvalue weighted by molar-refractivity contribution is -0.0171. The Balaban J connectivity index is 1.74. The Morgan fingerprint density at radius 1 is 1.10 bits per heavy atom. The number of hydrogen-bond donors (Lipinski definition) is 1.